The maximum Gasteiger partial charge on any atom is 0.410 e. The molecule has 1 aromatic carbocycles. The number of carbonyl (C=O) groups excluding carboxylic acids is 2. The summed E-state index contributed by atoms with van der Waals surface area (Å²) in [4.78, 5) is 25.3. The molecule has 4 nitrogen and oxygen atoms in total. The summed E-state index contributed by atoms with van der Waals surface area (Å²) in [7, 11) is 1.37. The minimum atomic E-state index is -0.572. The molecule has 0 saturated carbocycles. The minimum absolute atomic E-state index is 0.281. The molecule has 0 fully saturated rings. The van der Waals surface area contributed by atoms with Crippen molar-refractivity contribution in [3.8, 4) is 0 Å². The third-order valence-electron chi connectivity index (χ3n) is 4.05. The molecule has 4 heteroatoms. The fourth-order valence-corrected chi connectivity index (χ4v) is 2.75. The van der Waals surface area contributed by atoms with Crippen LogP contribution in [0.4, 0.5) is 4.79 Å². The Morgan fingerprint density at radius 3 is 2.76 bits per heavy atom. The van der Waals surface area contributed by atoms with E-state index in [1.807, 2.05) is 49.4 Å². The Hall–Kier alpha value is -2.10. The lowest BCUT2D eigenvalue weighted by molar-refractivity contribution is -0.118. The van der Waals surface area contributed by atoms with E-state index >= 15 is 0 Å². The Balaban J connectivity index is 2.31. The highest BCUT2D eigenvalue weighted by Crippen LogP contribution is 2.34. The summed E-state index contributed by atoms with van der Waals surface area (Å²) in [6.07, 6.45) is 6.10. The van der Waals surface area contributed by atoms with Crippen LogP contribution in [-0.2, 0) is 16.1 Å². The molecule has 0 saturated heterocycles. The zero-order valence-electron chi connectivity index (χ0n) is 12.5. The van der Waals surface area contributed by atoms with E-state index in [-0.39, 0.29) is 6.04 Å². The lowest BCUT2D eigenvalue weighted by Crippen LogP contribution is -2.49. The van der Waals surface area contributed by atoms with Gasteiger partial charge in [-0.25, -0.2) is 4.79 Å². The van der Waals surface area contributed by atoms with Crippen molar-refractivity contribution in [3.05, 3.63) is 48.0 Å². The molecule has 21 heavy (non-hydrogen) atoms. The average molecular weight is 287 g/mol. The molecule has 0 spiro atoms. The fraction of sp³-hybridized carbons (Fsp3) is 0.412. The van der Waals surface area contributed by atoms with Crippen molar-refractivity contribution in [1.29, 1.82) is 0 Å². The predicted octanol–water partition coefficient (Wildman–Crippen LogP) is 3.18. The molecule has 0 aliphatic heterocycles. The van der Waals surface area contributed by atoms with E-state index in [0.717, 1.165) is 24.7 Å². The number of benzene rings is 1. The fourth-order valence-electron chi connectivity index (χ4n) is 2.75. The Labute approximate surface area is 125 Å². The highest BCUT2D eigenvalue weighted by atomic mass is 16.5. The van der Waals surface area contributed by atoms with Crippen molar-refractivity contribution >= 4 is 12.4 Å². The van der Waals surface area contributed by atoms with Crippen LogP contribution in [0.2, 0.25) is 0 Å². The average Bonchev–Trinajstić information content (AvgIpc) is 2.53. The number of amides is 1. The Morgan fingerprint density at radius 1 is 1.43 bits per heavy atom. The second-order valence-corrected chi connectivity index (χ2v) is 5.62. The molecule has 1 amide bonds. The molecular formula is C17H21NO3. The molecule has 2 atom stereocenters. The van der Waals surface area contributed by atoms with Crippen LogP contribution in [0.5, 0.6) is 0 Å². The standard InChI is InChI=1S/C17H21NO3/c1-17(13-19)11-7-6-10-15(17)18(16(20)21-2)12-14-8-4-3-5-9-14/h3-6,8-10,13,15H,7,11-12H2,1-2H3/t15?,17-/m0/s1. The van der Waals surface area contributed by atoms with Crippen LogP contribution in [0, 0.1) is 5.41 Å². The van der Waals surface area contributed by atoms with E-state index in [1.54, 1.807) is 4.90 Å². The summed E-state index contributed by atoms with van der Waals surface area (Å²) in [6.45, 7) is 2.32. The van der Waals surface area contributed by atoms with Crippen LogP contribution >= 0.6 is 0 Å². The Bertz CT molecular complexity index is 526. The number of allylic oxidation sites excluding steroid dienone is 1. The monoisotopic (exact) mass is 287 g/mol. The van der Waals surface area contributed by atoms with Gasteiger partial charge >= 0.3 is 6.09 Å². The van der Waals surface area contributed by atoms with Crippen molar-refractivity contribution in [1.82, 2.24) is 4.90 Å². The summed E-state index contributed by atoms with van der Waals surface area (Å²) in [5.41, 5.74) is 0.438. The van der Waals surface area contributed by atoms with Gasteiger partial charge in [0.25, 0.3) is 0 Å². The van der Waals surface area contributed by atoms with Crippen molar-refractivity contribution in [2.24, 2.45) is 5.41 Å². The molecule has 0 bridgehead atoms. The second-order valence-electron chi connectivity index (χ2n) is 5.62. The molecule has 2 rings (SSSR count). The van der Waals surface area contributed by atoms with Crippen molar-refractivity contribution in [2.75, 3.05) is 7.11 Å². The Morgan fingerprint density at radius 2 is 2.14 bits per heavy atom. The van der Waals surface area contributed by atoms with Gasteiger partial charge in [0, 0.05) is 12.0 Å². The van der Waals surface area contributed by atoms with E-state index in [1.165, 1.54) is 7.11 Å². The van der Waals surface area contributed by atoms with Crippen molar-refractivity contribution in [3.63, 3.8) is 0 Å². The van der Waals surface area contributed by atoms with Crippen LogP contribution < -0.4 is 0 Å². The summed E-state index contributed by atoms with van der Waals surface area (Å²) >= 11 is 0. The van der Waals surface area contributed by atoms with Gasteiger partial charge in [0.2, 0.25) is 0 Å². The predicted molar refractivity (Wildman–Crippen MR) is 80.7 cm³/mol. The first kappa shape index (κ1) is 15.3. The quantitative estimate of drug-likeness (QED) is 0.631. The molecule has 1 aromatic rings. The number of aldehydes is 1. The third kappa shape index (κ3) is 3.32. The van der Waals surface area contributed by atoms with Gasteiger partial charge in [-0.15, -0.1) is 0 Å². The summed E-state index contributed by atoms with van der Waals surface area (Å²) in [5, 5.41) is 0. The van der Waals surface area contributed by atoms with Crippen molar-refractivity contribution in [2.45, 2.75) is 32.4 Å². The highest BCUT2D eigenvalue weighted by Gasteiger charge is 2.40. The summed E-state index contributed by atoms with van der Waals surface area (Å²) in [6, 6.07) is 9.43. The van der Waals surface area contributed by atoms with E-state index in [9.17, 15) is 9.59 Å². The van der Waals surface area contributed by atoms with Gasteiger partial charge < -0.3 is 9.53 Å². The molecule has 0 aromatic heterocycles. The topological polar surface area (TPSA) is 46.6 Å². The maximum absolute atomic E-state index is 12.2. The summed E-state index contributed by atoms with van der Waals surface area (Å²) < 4.78 is 4.91. The van der Waals surface area contributed by atoms with Gasteiger partial charge in [-0.05, 0) is 18.4 Å². The van der Waals surface area contributed by atoms with Gasteiger partial charge in [0.15, 0.2) is 0 Å². The zero-order valence-corrected chi connectivity index (χ0v) is 12.5. The lowest BCUT2D eigenvalue weighted by Gasteiger charge is -2.40. The van der Waals surface area contributed by atoms with Crippen LogP contribution in [0.1, 0.15) is 25.3 Å². The number of ether oxygens (including phenoxy) is 1. The van der Waals surface area contributed by atoms with E-state index in [2.05, 4.69) is 0 Å². The molecule has 0 heterocycles. The first-order valence-corrected chi connectivity index (χ1v) is 7.12. The van der Waals surface area contributed by atoms with Gasteiger partial charge in [-0.3, -0.25) is 4.90 Å². The zero-order chi connectivity index (χ0) is 15.3. The number of rotatable bonds is 4. The Kier molecular flexibility index (Phi) is 4.78. The number of carbonyl (C=O) groups is 2. The number of hydrogen-bond acceptors (Lipinski definition) is 3. The largest absolute Gasteiger partial charge is 0.453 e. The van der Waals surface area contributed by atoms with Crippen molar-refractivity contribution < 1.29 is 14.3 Å². The van der Waals surface area contributed by atoms with Gasteiger partial charge in [0.1, 0.15) is 6.29 Å². The minimum Gasteiger partial charge on any atom is -0.453 e. The van der Waals surface area contributed by atoms with Crippen LogP contribution in [0.3, 0.4) is 0 Å². The number of methoxy groups -OCH3 is 1. The van der Waals surface area contributed by atoms with Gasteiger partial charge in [0.05, 0.1) is 13.2 Å². The molecular weight excluding hydrogens is 266 g/mol. The third-order valence-corrected chi connectivity index (χ3v) is 4.05. The van der Waals surface area contributed by atoms with E-state index < -0.39 is 11.5 Å². The molecule has 0 radical (unpaired) electrons. The molecule has 0 N–H and O–H groups in total. The van der Waals surface area contributed by atoms with Gasteiger partial charge in [-0.1, -0.05) is 49.4 Å². The number of nitrogens with zero attached hydrogens (tertiary/aromatic N) is 1. The van der Waals surface area contributed by atoms with Crippen LogP contribution in [0.25, 0.3) is 0 Å². The molecule has 1 unspecified atom stereocenters. The van der Waals surface area contributed by atoms with E-state index in [4.69, 9.17) is 4.74 Å². The van der Waals surface area contributed by atoms with Gasteiger partial charge in [-0.2, -0.15) is 0 Å². The molecule has 112 valence electrons. The van der Waals surface area contributed by atoms with Crippen LogP contribution in [-0.4, -0.2) is 30.4 Å². The van der Waals surface area contributed by atoms with Crippen LogP contribution in [0.15, 0.2) is 42.5 Å². The smallest absolute Gasteiger partial charge is 0.410 e. The normalized spacial score (nSPS) is 24.4. The van der Waals surface area contributed by atoms with E-state index in [0.29, 0.717) is 6.54 Å². The summed E-state index contributed by atoms with van der Waals surface area (Å²) in [5.74, 6) is 0. The molecule has 1 aliphatic rings. The SMILES string of the molecule is COC(=O)N(Cc1ccccc1)C1C=CCC[C@@]1(C)C=O. The first-order valence-electron chi connectivity index (χ1n) is 7.12. The maximum atomic E-state index is 12.2. The number of hydrogen-bond donors (Lipinski definition) is 0. The highest BCUT2D eigenvalue weighted by molar-refractivity contribution is 5.71. The molecule has 1 aliphatic carbocycles. The second kappa shape index (κ2) is 6.57. The first-order chi connectivity index (χ1) is 10.1. The lowest BCUT2D eigenvalue weighted by atomic mass is 9.75.